The van der Waals surface area contributed by atoms with Crippen molar-refractivity contribution in [3.05, 3.63) is 53.1 Å². The molecule has 5 nitrogen and oxygen atoms in total. The van der Waals surface area contributed by atoms with Gasteiger partial charge in [-0.1, -0.05) is 12.1 Å². The van der Waals surface area contributed by atoms with Gasteiger partial charge in [-0.15, -0.1) is 0 Å². The maximum Gasteiger partial charge on any atom is 0.266 e. The molecule has 22 heavy (non-hydrogen) atoms. The van der Waals surface area contributed by atoms with Crippen LogP contribution in [0, 0.1) is 6.92 Å². The minimum atomic E-state index is -0.305. The van der Waals surface area contributed by atoms with Crippen LogP contribution in [-0.2, 0) is 0 Å². The van der Waals surface area contributed by atoms with E-state index >= 15 is 0 Å². The molecule has 2 heterocycles. The molecule has 5 heteroatoms. The van der Waals surface area contributed by atoms with E-state index in [0.717, 1.165) is 5.56 Å². The second-order valence-corrected chi connectivity index (χ2v) is 5.27. The molecule has 0 N–H and O–H groups in total. The number of benzene rings is 2. The zero-order chi connectivity index (χ0) is 15.3. The van der Waals surface area contributed by atoms with Gasteiger partial charge in [0.05, 0.1) is 16.8 Å². The fraction of sp³-hybridized carbons (Fsp3) is 0.176. The topological polar surface area (TPSA) is 55.8 Å². The lowest BCUT2D eigenvalue weighted by molar-refractivity contribution is 0.0925. The van der Waals surface area contributed by atoms with Crippen molar-refractivity contribution in [1.82, 2.24) is 0 Å². The molecule has 2 aliphatic heterocycles. The van der Waals surface area contributed by atoms with Gasteiger partial charge in [0.15, 0.2) is 11.5 Å². The molecule has 2 aromatic carbocycles. The third-order valence-electron chi connectivity index (χ3n) is 3.90. The van der Waals surface area contributed by atoms with Crippen molar-refractivity contribution in [1.29, 1.82) is 0 Å². The summed E-state index contributed by atoms with van der Waals surface area (Å²) in [4.78, 5) is 26.3. The highest BCUT2D eigenvalue weighted by Gasteiger charge is 2.37. The van der Waals surface area contributed by atoms with E-state index in [9.17, 15) is 9.59 Å². The van der Waals surface area contributed by atoms with Crippen LogP contribution in [0.2, 0.25) is 0 Å². The van der Waals surface area contributed by atoms with Crippen molar-refractivity contribution in [2.24, 2.45) is 0 Å². The van der Waals surface area contributed by atoms with Gasteiger partial charge in [0.1, 0.15) is 13.2 Å². The first-order valence-corrected chi connectivity index (χ1v) is 7.05. The van der Waals surface area contributed by atoms with Crippen molar-refractivity contribution in [2.45, 2.75) is 6.92 Å². The number of amides is 2. The van der Waals surface area contributed by atoms with Crippen LogP contribution in [0.4, 0.5) is 5.69 Å². The Kier molecular flexibility index (Phi) is 2.69. The van der Waals surface area contributed by atoms with Gasteiger partial charge in [0.25, 0.3) is 11.8 Å². The Balaban J connectivity index is 1.84. The number of anilines is 1. The minimum absolute atomic E-state index is 0.305. The molecule has 110 valence electrons. The number of ether oxygens (including phenoxy) is 2. The molecular formula is C17H13NO4. The number of hydrogen-bond acceptors (Lipinski definition) is 4. The molecule has 2 aromatic rings. The van der Waals surface area contributed by atoms with Crippen molar-refractivity contribution in [3.63, 3.8) is 0 Å². The Labute approximate surface area is 127 Å². The van der Waals surface area contributed by atoms with E-state index in [-0.39, 0.29) is 11.8 Å². The highest BCUT2D eigenvalue weighted by Crippen LogP contribution is 2.39. The second kappa shape index (κ2) is 4.59. The van der Waals surface area contributed by atoms with Gasteiger partial charge in [-0.2, -0.15) is 0 Å². The van der Waals surface area contributed by atoms with Crippen molar-refractivity contribution < 1.29 is 19.1 Å². The van der Waals surface area contributed by atoms with Crippen LogP contribution in [0.25, 0.3) is 0 Å². The Bertz CT molecular complexity index is 777. The summed E-state index contributed by atoms with van der Waals surface area (Å²) in [6.45, 7) is 2.80. The van der Waals surface area contributed by atoms with Crippen LogP contribution < -0.4 is 14.4 Å². The molecule has 2 amide bonds. The highest BCUT2D eigenvalue weighted by molar-refractivity contribution is 6.34. The molecule has 0 saturated carbocycles. The lowest BCUT2D eigenvalue weighted by Crippen LogP contribution is -2.30. The van der Waals surface area contributed by atoms with Crippen LogP contribution in [0.3, 0.4) is 0 Å². The molecule has 2 aliphatic rings. The second-order valence-electron chi connectivity index (χ2n) is 5.27. The van der Waals surface area contributed by atoms with Crippen LogP contribution in [0.5, 0.6) is 11.5 Å². The average Bonchev–Trinajstić information content (AvgIpc) is 2.79. The van der Waals surface area contributed by atoms with Gasteiger partial charge < -0.3 is 9.47 Å². The van der Waals surface area contributed by atoms with Gasteiger partial charge in [-0.3, -0.25) is 9.59 Å². The summed E-state index contributed by atoms with van der Waals surface area (Å²) in [7, 11) is 0. The summed E-state index contributed by atoms with van der Waals surface area (Å²) in [6, 6.07) is 10.3. The Hall–Kier alpha value is -2.82. The smallest absolute Gasteiger partial charge is 0.266 e. The monoisotopic (exact) mass is 295 g/mol. The Morgan fingerprint density at radius 2 is 1.45 bits per heavy atom. The molecule has 0 radical (unpaired) electrons. The van der Waals surface area contributed by atoms with E-state index in [4.69, 9.17) is 9.47 Å². The largest absolute Gasteiger partial charge is 0.486 e. The van der Waals surface area contributed by atoms with Crippen LogP contribution in [0.1, 0.15) is 26.3 Å². The van der Waals surface area contributed by atoms with Crippen molar-refractivity contribution in [2.75, 3.05) is 18.1 Å². The number of nitrogens with zero attached hydrogens (tertiary/aromatic N) is 1. The van der Waals surface area contributed by atoms with Gasteiger partial charge in [0.2, 0.25) is 0 Å². The van der Waals surface area contributed by atoms with Crippen molar-refractivity contribution in [3.8, 4) is 11.5 Å². The Morgan fingerprint density at radius 3 is 2.05 bits per heavy atom. The third-order valence-corrected chi connectivity index (χ3v) is 3.90. The molecule has 0 saturated heterocycles. The maximum atomic E-state index is 12.6. The fourth-order valence-electron chi connectivity index (χ4n) is 2.83. The molecule has 0 unspecified atom stereocenters. The van der Waals surface area contributed by atoms with Crippen LogP contribution in [0.15, 0.2) is 36.4 Å². The maximum absolute atomic E-state index is 12.6. The summed E-state index contributed by atoms with van der Waals surface area (Å²) < 4.78 is 11.1. The zero-order valence-corrected chi connectivity index (χ0v) is 12.0. The third kappa shape index (κ3) is 1.72. The first kappa shape index (κ1) is 12.9. The minimum Gasteiger partial charge on any atom is -0.486 e. The molecule has 0 fully saturated rings. The highest BCUT2D eigenvalue weighted by atomic mass is 16.6. The summed E-state index contributed by atoms with van der Waals surface area (Å²) in [5.74, 6) is 0.591. The van der Waals surface area contributed by atoms with Gasteiger partial charge in [0, 0.05) is 6.07 Å². The summed E-state index contributed by atoms with van der Waals surface area (Å²) in [6.07, 6.45) is 0. The number of carbonyl (C=O) groups excluding carboxylic acids is 2. The fourth-order valence-corrected chi connectivity index (χ4v) is 2.83. The lowest BCUT2D eigenvalue weighted by Gasteiger charge is -2.23. The molecule has 0 aromatic heterocycles. The van der Waals surface area contributed by atoms with E-state index in [0.29, 0.717) is 41.5 Å². The number of fused-ring (bicyclic) bond motifs is 2. The predicted molar refractivity (Wildman–Crippen MR) is 79.8 cm³/mol. The number of hydrogen-bond donors (Lipinski definition) is 0. The standard InChI is InChI=1S/C17H13NO4/c1-10-8-14-15(22-7-6-21-14)9-13(10)18-16(19)11-4-2-3-5-12(11)17(18)20/h2-5,8-9H,6-7H2,1H3. The summed E-state index contributed by atoms with van der Waals surface area (Å²) in [5, 5.41) is 0. The van der Waals surface area contributed by atoms with Gasteiger partial charge in [-0.05, 0) is 30.7 Å². The molecule has 4 rings (SSSR count). The molecular weight excluding hydrogens is 282 g/mol. The molecule has 0 bridgehead atoms. The lowest BCUT2D eigenvalue weighted by atomic mass is 10.1. The zero-order valence-electron chi connectivity index (χ0n) is 12.0. The number of carbonyl (C=O) groups is 2. The van der Waals surface area contributed by atoms with E-state index in [1.165, 1.54) is 4.90 Å². The number of aryl methyl sites for hydroxylation is 1. The predicted octanol–water partition coefficient (Wildman–Crippen LogP) is 2.57. The normalized spacial score (nSPS) is 16.0. The van der Waals surface area contributed by atoms with Crippen LogP contribution >= 0.6 is 0 Å². The first-order chi connectivity index (χ1) is 10.7. The van der Waals surface area contributed by atoms with E-state index < -0.39 is 0 Å². The average molecular weight is 295 g/mol. The molecule has 0 spiro atoms. The van der Waals surface area contributed by atoms with Crippen LogP contribution in [-0.4, -0.2) is 25.0 Å². The summed E-state index contributed by atoms with van der Waals surface area (Å²) in [5.41, 5.74) is 2.19. The van der Waals surface area contributed by atoms with Gasteiger partial charge >= 0.3 is 0 Å². The number of rotatable bonds is 1. The van der Waals surface area contributed by atoms with E-state index in [1.54, 1.807) is 36.4 Å². The van der Waals surface area contributed by atoms with Gasteiger partial charge in [-0.25, -0.2) is 4.90 Å². The SMILES string of the molecule is Cc1cc2c(cc1N1C(=O)c3ccccc3C1=O)OCCO2. The van der Waals surface area contributed by atoms with E-state index in [1.807, 2.05) is 6.92 Å². The summed E-state index contributed by atoms with van der Waals surface area (Å²) >= 11 is 0. The van der Waals surface area contributed by atoms with E-state index in [2.05, 4.69) is 0 Å². The molecule has 0 atom stereocenters. The van der Waals surface area contributed by atoms with Crippen molar-refractivity contribution >= 4 is 17.5 Å². The Morgan fingerprint density at radius 1 is 0.909 bits per heavy atom. The first-order valence-electron chi connectivity index (χ1n) is 7.05. The quantitative estimate of drug-likeness (QED) is 0.759. The number of imide groups is 1. The molecule has 0 aliphatic carbocycles.